The Bertz CT molecular complexity index is 334. The number of methoxy groups -OCH3 is 1. The Kier molecular flexibility index (Phi) is 9.25. The first kappa shape index (κ1) is 19.5. The molecule has 0 saturated carbocycles. The molecule has 0 aliphatic rings. The van der Waals surface area contributed by atoms with Gasteiger partial charge in [-0.1, -0.05) is 13.8 Å². The lowest BCUT2D eigenvalue weighted by Crippen LogP contribution is -2.27. The van der Waals surface area contributed by atoms with Crippen molar-refractivity contribution in [2.24, 2.45) is 5.92 Å². The average Bonchev–Trinajstić information content (AvgIpc) is 2.31. The molecule has 120 valence electrons. The van der Waals surface area contributed by atoms with E-state index in [-0.39, 0.29) is 25.4 Å². The molecular formula is C12H26NO6P. The molecule has 2 atom stereocenters. The van der Waals surface area contributed by atoms with Gasteiger partial charge in [0.15, 0.2) is 0 Å². The van der Waals surface area contributed by atoms with Gasteiger partial charge in [-0.3, -0.25) is 9.32 Å². The molecule has 0 rings (SSSR count). The van der Waals surface area contributed by atoms with Crippen LogP contribution in [0.25, 0.3) is 0 Å². The Morgan fingerprint density at radius 1 is 1.30 bits per heavy atom. The SMILES string of the molecule is CO[C@H](COP(=O)(O)NCC(=O)OC(C)C)CC(C)C. The molecule has 0 aromatic rings. The number of hydrogen-bond acceptors (Lipinski definition) is 5. The second-order valence-corrected chi connectivity index (χ2v) is 6.79. The van der Waals surface area contributed by atoms with Gasteiger partial charge in [-0.2, -0.15) is 0 Å². The van der Waals surface area contributed by atoms with E-state index < -0.39 is 13.7 Å². The molecule has 0 fully saturated rings. The first-order chi connectivity index (χ1) is 9.16. The van der Waals surface area contributed by atoms with Crippen LogP contribution in [-0.4, -0.2) is 43.3 Å². The predicted octanol–water partition coefficient (Wildman–Crippen LogP) is 1.71. The van der Waals surface area contributed by atoms with Crippen molar-refractivity contribution in [2.45, 2.75) is 46.3 Å². The standard InChI is InChI=1S/C12H26NO6P/c1-9(2)6-11(17-5)8-18-20(15,16)13-7-12(14)19-10(3)4/h9-11H,6-8H2,1-5H3,(H2,13,15,16)/t11-/m0/s1. The highest BCUT2D eigenvalue weighted by Crippen LogP contribution is 2.36. The molecule has 2 N–H and O–H groups in total. The Hall–Kier alpha value is -0.460. The van der Waals surface area contributed by atoms with Crippen LogP contribution in [0.15, 0.2) is 0 Å². The lowest BCUT2D eigenvalue weighted by atomic mass is 10.1. The summed E-state index contributed by atoms with van der Waals surface area (Å²) in [7, 11) is -2.51. The molecule has 0 aromatic carbocycles. The number of hydrogen-bond donors (Lipinski definition) is 2. The van der Waals surface area contributed by atoms with Crippen LogP contribution in [0, 0.1) is 5.92 Å². The van der Waals surface area contributed by atoms with Crippen LogP contribution < -0.4 is 5.09 Å². The molecule has 0 bridgehead atoms. The summed E-state index contributed by atoms with van der Waals surface area (Å²) in [6.45, 7) is 7.03. The molecule has 0 amide bonds. The highest BCUT2D eigenvalue weighted by atomic mass is 31.2. The molecule has 0 radical (unpaired) electrons. The van der Waals surface area contributed by atoms with Crippen LogP contribution in [0.3, 0.4) is 0 Å². The molecule has 20 heavy (non-hydrogen) atoms. The first-order valence-electron chi connectivity index (χ1n) is 6.61. The third-order valence-electron chi connectivity index (χ3n) is 2.29. The molecule has 0 saturated heterocycles. The topological polar surface area (TPSA) is 94.1 Å². The average molecular weight is 311 g/mol. The summed E-state index contributed by atoms with van der Waals surface area (Å²) in [5, 5.41) is 2.16. The van der Waals surface area contributed by atoms with Crippen molar-refractivity contribution in [2.75, 3.05) is 20.3 Å². The van der Waals surface area contributed by atoms with Crippen molar-refractivity contribution in [3.63, 3.8) is 0 Å². The van der Waals surface area contributed by atoms with E-state index >= 15 is 0 Å². The van der Waals surface area contributed by atoms with Crippen molar-refractivity contribution in [3.8, 4) is 0 Å². The Balaban J connectivity index is 4.11. The van der Waals surface area contributed by atoms with E-state index in [1.807, 2.05) is 13.8 Å². The summed E-state index contributed by atoms with van der Waals surface area (Å²) in [5.41, 5.74) is 0. The van der Waals surface area contributed by atoms with Crippen molar-refractivity contribution < 1.29 is 28.3 Å². The van der Waals surface area contributed by atoms with Gasteiger partial charge in [-0.25, -0.2) is 9.65 Å². The quantitative estimate of drug-likeness (QED) is 0.468. The molecule has 0 spiro atoms. The zero-order chi connectivity index (χ0) is 15.8. The van der Waals surface area contributed by atoms with E-state index in [2.05, 4.69) is 5.09 Å². The molecule has 0 heterocycles. The minimum Gasteiger partial charge on any atom is -0.462 e. The maximum atomic E-state index is 11.7. The summed E-state index contributed by atoms with van der Waals surface area (Å²) in [6, 6.07) is 0. The summed E-state index contributed by atoms with van der Waals surface area (Å²) < 4.78 is 26.6. The van der Waals surface area contributed by atoms with Crippen LogP contribution >= 0.6 is 7.75 Å². The molecule has 1 unspecified atom stereocenters. The number of ether oxygens (including phenoxy) is 2. The maximum absolute atomic E-state index is 11.7. The zero-order valence-corrected chi connectivity index (χ0v) is 13.7. The molecule has 7 nitrogen and oxygen atoms in total. The van der Waals surface area contributed by atoms with Crippen LogP contribution in [0.5, 0.6) is 0 Å². The normalized spacial score (nSPS) is 16.2. The van der Waals surface area contributed by atoms with Crippen molar-refractivity contribution >= 4 is 13.7 Å². The Morgan fingerprint density at radius 2 is 1.90 bits per heavy atom. The minimum atomic E-state index is -4.03. The van der Waals surface area contributed by atoms with Gasteiger partial charge in [0.1, 0.15) is 6.54 Å². The van der Waals surface area contributed by atoms with E-state index in [0.717, 1.165) is 0 Å². The van der Waals surface area contributed by atoms with Gasteiger partial charge in [0, 0.05) is 7.11 Å². The summed E-state index contributed by atoms with van der Waals surface area (Å²) in [4.78, 5) is 20.8. The van der Waals surface area contributed by atoms with Gasteiger partial charge >= 0.3 is 13.7 Å². The maximum Gasteiger partial charge on any atom is 0.403 e. The Morgan fingerprint density at radius 3 is 2.35 bits per heavy atom. The van der Waals surface area contributed by atoms with Gasteiger partial charge in [0.05, 0.1) is 18.8 Å². The zero-order valence-electron chi connectivity index (χ0n) is 12.8. The van der Waals surface area contributed by atoms with E-state index in [1.165, 1.54) is 7.11 Å². The fourth-order valence-electron chi connectivity index (χ4n) is 1.46. The lowest BCUT2D eigenvalue weighted by Gasteiger charge is -2.20. The Labute approximate surface area is 120 Å². The van der Waals surface area contributed by atoms with Crippen LogP contribution in [0.2, 0.25) is 0 Å². The van der Waals surface area contributed by atoms with Crippen molar-refractivity contribution in [1.29, 1.82) is 0 Å². The number of rotatable bonds is 10. The third kappa shape index (κ3) is 10.3. The smallest absolute Gasteiger partial charge is 0.403 e. The van der Waals surface area contributed by atoms with Gasteiger partial charge in [-0.05, 0) is 26.2 Å². The largest absolute Gasteiger partial charge is 0.462 e. The van der Waals surface area contributed by atoms with E-state index in [1.54, 1.807) is 13.8 Å². The fourth-order valence-corrected chi connectivity index (χ4v) is 2.25. The molecule has 0 aromatic heterocycles. The minimum absolute atomic E-state index is 0.0192. The first-order valence-corrected chi connectivity index (χ1v) is 8.18. The molecule has 0 aliphatic carbocycles. The van der Waals surface area contributed by atoms with Crippen molar-refractivity contribution in [1.82, 2.24) is 5.09 Å². The molecular weight excluding hydrogens is 285 g/mol. The summed E-state index contributed by atoms with van der Waals surface area (Å²) in [5.74, 6) is -0.223. The van der Waals surface area contributed by atoms with Gasteiger partial charge in [0.25, 0.3) is 0 Å². The monoisotopic (exact) mass is 311 g/mol. The third-order valence-corrected chi connectivity index (χ3v) is 3.35. The van der Waals surface area contributed by atoms with E-state index in [4.69, 9.17) is 14.0 Å². The summed E-state index contributed by atoms with van der Waals surface area (Å²) >= 11 is 0. The lowest BCUT2D eigenvalue weighted by molar-refractivity contribution is -0.146. The highest BCUT2D eigenvalue weighted by Gasteiger charge is 2.23. The highest BCUT2D eigenvalue weighted by molar-refractivity contribution is 7.50. The van der Waals surface area contributed by atoms with Gasteiger partial charge in [-0.15, -0.1) is 0 Å². The van der Waals surface area contributed by atoms with Crippen LogP contribution in [-0.2, 0) is 23.4 Å². The van der Waals surface area contributed by atoms with E-state index in [9.17, 15) is 14.3 Å². The van der Waals surface area contributed by atoms with Crippen LogP contribution in [0.4, 0.5) is 0 Å². The van der Waals surface area contributed by atoms with E-state index in [0.29, 0.717) is 12.3 Å². The van der Waals surface area contributed by atoms with Crippen LogP contribution in [0.1, 0.15) is 34.1 Å². The second kappa shape index (κ2) is 9.47. The molecule has 0 aliphatic heterocycles. The number of carbonyl (C=O) groups excluding carboxylic acids is 1. The second-order valence-electron chi connectivity index (χ2n) is 5.18. The van der Waals surface area contributed by atoms with Gasteiger partial charge in [0.2, 0.25) is 0 Å². The number of esters is 1. The summed E-state index contributed by atoms with van der Waals surface area (Å²) in [6.07, 6.45) is 0.179. The van der Waals surface area contributed by atoms with Gasteiger partial charge < -0.3 is 14.4 Å². The number of carbonyl (C=O) groups is 1. The fraction of sp³-hybridized carbons (Fsp3) is 0.917. The van der Waals surface area contributed by atoms with Crippen molar-refractivity contribution in [3.05, 3.63) is 0 Å². The number of nitrogens with one attached hydrogen (secondary N) is 1. The molecule has 8 heteroatoms. The predicted molar refractivity (Wildman–Crippen MR) is 75.3 cm³/mol.